The largest absolute Gasteiger partial charge is 0.435 e. The number of hydrogen-bond acceptors (Lipinski definition) is 4. The molecule has 0 amide bonds. The van der Waals surface area contributed by atoms with Crippen LogP contribution >= 0.6 is 0 Å². The van der Waals surface area contributed by atoms with E-state index in [0.29, 0.717) is 30.2 Å². The summed E-state index contributed by atoms with van der Waals surface area (Å²) in [6.07, 6.45) is 2.54. The Morgan fingerprint density at radius 2 is 2.08 bits per heavy atom. The van der Waals surface area contributed by atoms with Gasteiger partial charge in [-0.15, -0.1) is 0 Å². The van der Waals surface area contributed by atoms with Gasteiger partial charge in [-0.3, -0.25) is 10.00 Å². The molecule has 2 aromatic heterocycles. The fourth-order valence-corrected chi connectivity index (χ4v) is 4.12. The van der Waals surface area contributed by atoms with Crippen LogP contribution in [0.4, 0.5) is 13.2 Å². The third-order valence-corrected chi connectivity index (χ3v) is 5.75. The lowest BCUT2D eigenvalue weighted by molar-refractivity contribution is -0.141. The molecule has 1 unspecified atom stereocenters. The van der Waals surface area contributed by atoms with Crippen molar-refractivity contribution >= 4 is 0 Å². The average Bonchev–Trinajstić information content (AvgIpc) is 2.94. The van der Waals surface area contributed by atoms with E-state index in [1.165, 1.54) is 0 Å². The zero-order valence-corrected chi connectivity index (χ0v) is 14.7. The van der Waals surface area contributed by atoms with Gasteiger partial charge in [0, 0.05) is 37.7 Å². The number of aromatic nitrogens is 4. The Labute approximate surface area is 149 Å². The number of hydrogen-bond donors (Lipinski definition) is 2. The van der Waals surface area contributed by atoms with Crippen LogP contribution in [0.25, 0.3) is 0 Å². The molecule has 1 aliphatic heterocycles. The van der Waals surface area contributed by atoms with Gasteiger partial charge in [-0.2, -0.15) is 18.3 Å². The number of aryl methyl sites for hydroxylation is 1. The molecule has 3 heterocycles. The average molecular weight is 368 g/mol. The maximum absolute atomic E-state index is 12.8. The summed E-state index contributed by atoms with van der Waals surface area (Å²) in [5.74, 6) is 0.913. The number of piperidine rings is 1. The first kappa shape index (κ1) is 17.5. The van der Waals surface area contributed by atoms with Crippen LogP contribution < -0.4 is 5.32 Å². The lowest BCUT2D eigenvalue weighted by Gasteiger charge is -2.29. The highest BCUT2D eigenvalue weighted by Gasteiger charge is 2.56. The summed E-state index contributed by atoms with van der Waals surface area (Å²) < 4.78 is 40.5. The molecule has 2 N–H and O–H groups in total. The van der Waals surface area contributed by atoms with Crippen LogP contribution in [0.3, 0.4) is 0 Å². The van der Waals surface area contributed by atoms with Crippen molar-refractivity contribution in [1.82, 2.24) is 30.0 Å². The van der Waals surface area contributed by atoms with Gasteiger partial charge in [0.2, 0.25) is 0 Å². The number of nitrogens with zero attached hydrogens (tertiary/aromatic N) is 4. The molecule has 142 valence electrons. The quantitative estimate of drug-likeness (QED) is 0.850. The summed E-state index contributed by atoms with van der Waals surface area (Å²) in [5, 5.41) is 9.38. The zero-order chi connectivity index (χ0) is 18.4. The maximum atomic E-state index is 12.8. The predicted molar refractivity (Wildman–Crippen MR) is 89.0 cm³/mol. The van der Waals surface area contributed by atoms with E-state index < -0.39 is 11.9 Å². The summed E-state index contributed by atoms with van der Waals surface area (Å²) in [5.41, 5.74) is -0.0807. The second-order valence-corrected chi connectivity index (χ2v) is 7.47. The monoisotopic (exact) mass is 368 g/mol. The smallest absolute Gasteiger partial charge is 0.337 e. The normalized spacial score (nSPS) is 22.3. The molecule has 1 atom stereocenters. The second-order valence-electron chi connectivity index (χ2n) is 7.47. The van der Waals surface area contributed by atoms with E-state index >= 15 is 0 Å². The van der Waals surface area contributed by atoms with Crippen LogP contribution in [0.5, 0.6) is 0 Å². The van der Waals surface area contributed by atoms with Gasteiger partial charge >= 0.3 is 6.18 Å². The molecule has 6 nitrogen and oxygen atoms in total. The molecule has 1 saturated heterocycles. The molecule has 26 heavy (non-hydrogen) atoms. The number of imidazole rings is 1. The lowest BCUT2D eigenvalue weighted by atomic mass is 9.93. The summed E-state index contributed by atoms with van der Waals surface area (Å²) in [4.78, 5) is 6.64. The highest BCUT2D eigenvalue weighted by molar-refractivity contribution is 5.15. The van der Waals surface area contributed by atoms with Gasteiger partial charge in [0.25, 0.3) is 0 Å². The van der Waals surface area contributed by atoms with Crippen LogP contribution in [0, 0.1) is 5.41 Å². The minimum atomic E-state index is -4.42. The molecule has 1 spiro atoms. The Kier molecular flexibility index (Phi) is 4.31. The standard InChI is InChI=1S/C17H23F3N6/c1-25-7-6-22-15(25)11-26(14-9-16(14)2-4-21-5-3-16)10-12-8-13(24-23-12)17(18,19)20/h6-8,14,21H,2-5,9-11H2,1H3,(H,23,24). The van der Waals surface area contributed by atoms with Crippen molar-refractivity contribution < 1.29 is 13.2 Å². The van der Waals surface area contributed by atoms with Crippen molar-refractivity contribution in [3.05, 3.63) is 35.7 Å². The topological polar surface area (TPSA) is 61.8 Å². The summed E-state index contributed by atoms with van der Waals surface area (Å²) >= 11 is 0. The molecule has 0 aromatic carbocycles. The fraction of sp³-hybridized carbons (Fsp3) is 0.647. The van der Waals surface area contributed by atoms with Gasteiger partial charge in [-0.05, 0) is 43.8 Å². The predicted octanol–water partition coefficient (Wildman–Crippen LogP) is 2.31. The molecule has 2 aliphatic rings. The molecule has 9 heteroatoms. The third-order valence-electron chi connectivity index (χ3n) is 5.75. The first-order valence-electron chi connectivity index (χ1n) is 8.90. The summed E-state index contributed by atoms with van der Waals surface area (Å²) in [6, 6.07) is 1.49. The van der Waals surface area contributed by atoms with Gasteiger partial charge in [-0.25, -0.2) is 4.98 Å². The van der Waals surface area contributed by atoms with Crippen molar-refractivity contribution in [2.75, 3.05) is 13.1 Å². The number of halogens is 3. The zero-order valence-electron chi connectivity index (χ0n) is 14.7. The second kappa shape index (κ2) is 6.38. The molecule has 0 radical (unpaired) electrons. The first-order valence-corrected chi connectivity index (χ1v) is 8.90. The Hall–Kier alpha value is -1.87. The van der Waals surface area contributed by atoms with Gasteiger partial charge < -0.3 is 9.88 Å². The maximum Gasteiger partial charge on any atom is 0.435 e. The molecular weight excluding hydrogens is 345 g/mol. The van der Waals surface area contributed by atoms with Crippen molar-refractivity contribution in [2.45, 2.75) is 44.6 Å². The van der Waals surface area contributed by atoms with Gasteiger partial charge in [0.05, 0.1) is 6.54 Å². The first-order chi connectivity index (χ1) is 12.4. The molecule has 1 aliphatic carbocycles. The lowest BCUT2D eigenvalue weighted by Crippen LogP contribution is -2.36. The van der Waals surface area contributed by atoms with E-state index in [0.717, 1.165) is 44.2 Å². The van der Waals surface area contributed by atoms with Gasteiger partial charge in [0.1, 0.15) is 5.82 Å². The highest BCUT2D eigenvalue weighted by atomic mass is 19.4. The molecular formula is C17H23F3N6. The number of aromatic amines is 1. The van der Waals surface area contributed by atoms with Crippen LogP contribution in [-0.2, 0) is 26.3 Å². The van der Waals surface area contributed by atoms with Crippen molar-refractivity contribution in [2.24, 2.45) is 12.5 Å². The van der Waals surface area contributed by atoms with E-state index in [2.05, 4.69) is 25.4 Å². The van der Waals surface area contributed by atoms with Crippen LogP contribution in [0.1, 0.15) is 36.5 Å². The Balaban J connectivity index is 1.53. The van der Waals surface area contributed by atoms with E-state index in [4.69, 9.17) is 0 Å². The Morgan fingerprint density at radius 3 is 2.69 bits per heavy atom. The van der Waals surface area contributed by atoms with Crippen molar-refractivity contribution in [3.63, 3.8) is 0 Å². The summed E-state index contributed by atoms with van der Waals surface area (Å²) in [6.45, 7) is 3.05. The van der Waals surface area contributed by atoms with E-state index in [1.807, 2.05) is 17.8 Å². The molecule has 2 aromatic rings. The van der Waals surface area contributed by atoms with Gasteiger partial charge in [-0.1, -0.05) is 0 Å². The highest BCUT2D eigenvalue weighted by Crippen LogP contribution is 2.56. The molecule has 2 fully saturated rings. The van der Waals surface area contributed by atoms with E-state index in [-0.39, 0.29) is 0 Å². The van der Waals surface area contributed by atoms with Crippen molar-refractivity contribution in [1.29, 1.82) is 0 Å². The SMILES string of the molecule is Cn1ccnc1CN(Cc1cc(C(F)(F)F)n[nH]1)C1CC12CCNCC2. The molecule has 0 bridgehead atoms. The van der Waals surface area contributed by atoms with Gasteiger partial charge in [0.15, 0.2) is 5.69 Å². The molecule has 1 saturated carbocycles. The van der Waals surface area contributed by atoms with Crippen molar-refractivity contribution in [3.8, 4) is 0 Å². The van der Waals surface area contributed by atoms with E-state index in [1.54, 1.807) is 6.20 Å². The molecule has 4 rings (SSSR count). The van der Waals surface area contributed by atoms with Crippen LogP contribution in [0.15, 0.2) is 18.5 Å². The minimum absolute atomic E-state index is 0.295. The summed E-state index contributed by atoms with van der Waals surface area (Å²) in [7, 11) is 1.94. The minimum Gasteiger partial charge on any atom is -0.337 e. The Morgan fingerprint density at radius 1 is 1.31 bits per heavy atom. The number of rotatable bonds is 5. The third kappa shape index (κ3) is 3.37. The number of nitrogens with one attached hydrogen (secondary N) is 2. The van der Waals surface area contributed by atoms with E-state index in [9.17, 15) is 13.2 Å². The van der Waals surface area contributed by atoms with Crippen LogP contribution in [0.2, 0.25) is 0 Å². The fourth-order valence-electron chi connectivity index (χ4n) is 4.12. The number of alkyl halides is 3. The van der Waals surface area contributed by atoms with Crippen LogP contribution in [-0.4, -0.2) is 43.8 Å². The Bertz CT molecular complexity index is 759. The number of H-pyrrole nitrogens is 1.